The van der Waals surface area contributed by atoms with Crippen LogP contribution in [-0.2, 0) is 19.7 Å². The number of carboxylic acid groups (broad SMARTS) is 2. The van der Waals surface area contributed by atoms with Gasteiger partial charge in [-0.3, -0.25) is 14.1 Å². The maximum Gasteiger partial charge on any atom is 0.327 e. The van der Waals surface area contributed by atoms with Crippen molar-refractivity contribution in [2.75, 3.05) is 0 Å². The minimum Gasteiger partial charge on any atom is -0.481 e. The molecule has 3 N–H and O–H groups in total. The standard InChI is InChI=1S/C57H112O7S/c1-3-5-7-9-11-13-15-17-19-21-23-25-27-29-31-33-35-37-39-41-43-45-47-49-51-54(53-55(58)59)57(56(60)61,65(62,63)64)52-50-48-46-44-42-40-38-36-34-32-30-28-26-24-22-20-18-16-14-12-10-8-6-4-2/h54H,3-53H2,1-2H3,(H,58,59)(H,60,61)(H,62,63,64). The van der Waals surface area contributed by atoms with E-state index in [1.165, 1.54) is 244 Å². The Bertz CT molecular complexity index is 1130. The SMILES string of the molecule is CCCCCCCCCCCCCCCCCCCCCCCCCCC(CC(=O)O)C(CCCCCCCCCCCCCCCCCCCCCCCCCC)(C(=O)O)S(=O)(=O)O. The van der Waals surface area contributed by atoms with E-state index < -0.39 is 39.1 Å². The number of hydrogen-bond acceptors (Lipinski definition) is 4. The molecule has 7 nitrogen and oxygen atoms in total. The number of carboxylic acids is 2. The summed E-state index contributed by atoms with van der Waals surface area (Å²) in [5.41, 5.74) is 0. The van der Waals surface area contributed by atoms with E-state index in [2.05, 4.69) is 13.8 Å². The minimum atomic E-state index is -5.04. The van der Waals surface area contributed by atoms with Crippen molar-refractivity contribution >= 4 is 22.1 Å². The van der Waals surface area contributed by atoms with E-state index >= 15 is 0 Å². The summed E-state index contributed by atoms with van der Waals surface area (Å²) in [4.78, 5) is 24.5. The lowest BCUT2D eigenvalue weighted by atomic mass is 9.80. The molecule has 0 rings (SSSR count). The monoisotopic (exact) mass is 941 g/mol. The molecular formula is C57H112O7S. The molecule has 8 heteroatoms. The Morgan fingerprint density at radius 2 is 0.554 bits per heavy atom. The number of hydrogen-bond donors (Lipinski definition) is 3. The number of unbranched alkanes of at least 4 members (excludes halogenated alkanes) is 46. The first-order valence-corrected chi connectivity index (χ1v) is 30.5. The van der Waals surface area contributed by atoms with Crippen LogP contribution < -0.4 is 0 Å². The third-order valence-corrected chi connectivity index (χ3v) is 16.3. The highest BCUT2D eigenvalue weighted by atomic mass is 32.2. The summed E-state index contributed by atoms with van der Waals surface area (Å²) in [5.74, 6) is -4.02. The van der Waals surface area contributed by atoms with E-state index in [9.17, 15) is 32.8 Å². The summed E-state index contributed by atoms with van der Waals surface area (Å²) in [6.45, 7) is 4.56. The van der Waals surface area contributed by atoms with Crippen molar-refractivity contribution in [2.24, 2.45) is 5.92 Å². The topological polar surface area (TPSA) is 129 Å². The van der Waals surface area contributed by atoms with Gasteiger partial charge in [0.15, 0.2) is 4.75 Å². The van der Waals surface area contributed by atoms with Crippen LogP contribution in [0.3, 0.4) is 0 Å². The normalized spacial score (nSPS) is 13.3. The molecule has 0 saturated carbocycles. The van der Waals surface area contributed by atoms with E-state index in [-0.39, 0.29) is 12.8 Å². The summed E-state index contributed by atoms with van der Waals surface area (Å²) in [5, 5.41) is 20.0. The Morgan fingerprint density at radius 3 is 0.738 bits per heavy atom. The molecule has 0 aromatic heterocycles. The third-order valence-electron chi connectivity index (χ3n) is 14.7. The molecule has 0 amide bonds. The molecule has 0 radical (unpaired) electrons. The predicted molar refractivity (Wildman–Crippen MR) is 280 cm³/mol. The predicted octanol–water partition coefficient (Wildman–Crippen LogP) is 19.3. The molecule has 2 atom stereocenters. The van der Waals surface area contributed by atoms with Crippen LogP contribution in [0.4, 0.5) is 0 Å². The van der Waals surface area contributed by atoms with Crippen molar-refractivity contribution < 1.29 is 32.8 Å². The van der Waals surface area contributed by atoms with E-state index in [1.54, 1.807) is 0 Å². The van der Waals surface area contributed by atoms with Gasteiger partial charge in [-0.15, -0.1) is 0 Å². The lowest BCUT2D eigenvalue weighted by molar-refractivity contribution is -0.144. The molecule has 0 fully saturated rings. The van der Waals surface area contributed by atoms with E-state index in [0.29, 0.717) is 19.3 Å². The van der Waals surface area contributed by atoms with Gasteiger partial charge in [0.2, 0.25) is 0 Å². The highest BCUT2D eigenvalue weighted by molar-refractivity contribution is 7.88. The second-order valence-electron chi connectivity index (χ2n) is 20.8. The molecule has 0 heterocycles. The van der Waals surface area contributed by atoms with Crippen molar-refractivity contribution in [3.05, 3.63) is 0 Å². The molecule has 0 saturated heterocycles. The van der Waals surface area contributed by atoms with Gasteiger partial charge in [-0.25, -0.2) is 0 Å². The average Bonchev–Trinajstić information content (AvgIpc) is 3.27. The van der Waals surface area contributed by atoms with Crippen LogP contribution in [-0.4, -0.2) is 39.9 Å². The molecule has 0 aromatic carbocycles. The van der Waals surface area contributed by atoms with Gasteiger partial charge in [-0.05, 0) is 12.8 Å². The van der Waals surface area contributed by atoms with Crippen molar-refractivity contribution in [3.8, 4) is 0 Å². The summed E-state index contributed by atoms with van der Waals surface area (Å²) in [6, 6.07) is 0. The van der Waals surface area contributed by atoms with Crippen LogP contribution in [0.15, 0.2) is 0 Å². The molecule has 2 unspecified atom stereocenters. The van der Waals surface area contributed by atoms with E-state index in [1.807, 2.05) is 0 Å². The summed E-state index contributed by atoms with van der Waals surface area (Å²) in [6.07, 6.45) is 59.9. The van der Waals surface area contributed by atoms with Crippen molar-refractivity contribution in [1.82, 2.24) is 0 Å². The van der Waals surface area contributed by atoms with Crippen LogP contribution in [0.5, 0.6) is 0 Å². The van der Waals surface area contributed by atoms with Crippen molar-refractivity contribution in [2.45, 2.75) is 346 Å². The first kappa shape index (κ1) is 63.8. The van der Waals surface area contributed by atoms with E-state index in [0.717, 1.165) is 44.9 Å². The maximum absolute atomic E-state index is 12.8. The zero-order valence-electron chi connectivity index (χ0n) is 43.5. The fourth-order valence-electron chi connectivity index (χ4n) is 10.3. The fraction of sp³-hybridized carbons (Fsp3) is 0.965. The van der Waals surface area contributed by atoms with Gasteiger partial charge in [-0.2, -0.15) is 8.42 Å². The summed E-state index contributed by atoms with van der Waals surface area (Å²) in [7, 11) is -5.04. The molecule has 388 valence electrons. The maximum atomic E-state index is 12.8. The zero-order chi connectivity index (χ0) is 47.8. The lowest BCUT2D eigenvalue weighted by Gasteiger charge is -2.34. The molecule has 0 bridgehead atoms. The average molecular weight is 942 g/mol. The first-order valence-electron chi connectivity index (χ1n) is 29.1. The Hall–Kier alpha value is -1.15. The van der Waals surface area contributed by atoms with Gasteiger partial charge < -0.3 is 10.2 Å². The van der Waals surface area contributed by atoms with Gasteiger partial charge >= 0.3 is 11.9 Å². The summed E-state index contributed by atoms with van der Waals surface area (Å²) < 4.78 is 33.5. The van der Waals surface area contributed by atoms with Gasteiger partial charge in [0.1, 0.15) is 0 Å². The third kappa shape index (κ3) is 39.4. The van der Waals surface area contributed by atoms with Gasteiger partial charge in [-0.1, -0.05) is 322 Å². The van der Waals surface area contributed by atoms with Gasteiger partial charge in [0, 0.05) is 5.92 Å². The molecule has 0 aliphatic heterocycles. The number of carbonyl (C=O) groups is 2. The van der Waals surface area contributed by atoms with Crippen LogP contribution in [0.2, 0.25) is 0 Å². The number of aliphatic carboxylic acids is 2. The van der Waals surface area contributed by atoms with Crippen molar-refractivity contribution in [1.29, 1.82) is 0 Å². The molecule has 0 aromatic rings. The van der Waals surface area contributed by atoms with Crippen LogP contribution in [0.1, 0.15) is 341 Å². The Balaban J connectivity index is 4.06. The molecule has 0 spiro atoms. The highest BCUT2D eigenvalue weighted by Gasteiger charge is 2.56. The lowest BCUT2D eigenvalue weighted by Crippen LogP contribution is -2.53. The second-order valence-corrected chi connectivity index (χ2v) is 22.4. The largest absolute Gasteiger partial charge is 0.481 e. The van der Waals surface area contributed by atoms with Gasteiger partial charge in [0.25, 0.3) is 10.1 Å². The van der Waals surface area contributed by atoms with Crippen LogP contribution in [0.25, 0.3) is 0 Å². The van der Waals surface area contributed by atoms with E-state index in [4.69, 9.17) is 0 Å². The quantitative estimate of drug-likeness (QED) is 0.0409. The summed E-state index contributed by atoms with van der Waals surface area (Å²) >= 11 is 0. The Morgan fingerprint density at radius 1 is 0.354 bits per heavy atom. The van der Waals surface area contributed by atoms with Crippen LogP contribution >= 0.6 is 0 Å². The highest BCUT2D eigenvalue weighted by Crippen LogP contribution is 2.38. The fourth-order valence-corrected chi connectivity index (χ4v) is 11.6. The molecule has 0 aliphatic rings. The first-order chi connectivity index (χ1) is 31.6. The van der Waals surface area contributed by atoms with Crippen LogP contribution in [0, 0.1) is 5.92 Å². The molecule has 0 aliphatic carbocycles. The Kier molecular flexibility index (Phi) is 47.0. The smallest absolute Gasteiger partial charge is 0.327 e. The molecular weight excluding hydrogens is 829 g/mol. The Labute approximate surface area is 405 Å². The molecule has 65 heavy (non-hydrogen) atoms. The minimum absolute atomic E-state index is 0.164. The zero-order valence-corrected chi connectivity index (χ0v) is 44.3. The van der Waals surface area contributed by atoms with Crippen molar-refractivity contribution in [3.63, 3.8) is 0 Å². The second kappa shape index (κ2) is 47.9. The van der Waals surface area contributed by atoms with Gasteiger partial charge in [0.05, 0.1) is 6.42 Å². The number of rotatable bonds is 55.